The first-order chi connectivity index (χ1) is 9.78. The van der Waals surface area contributed by atoms with Crippen molar-refractivity contribution in [2.24, 2.45) is 0 Å². The minimum atomic E-state index is -0.181. The van der Waals surface area contributed by atoms with Gasteiger partial charge in [-0.05, 0) is 30.3 Å². The van der Waals surface area contributed by atoms with Gasteiger partial charge in [0.15, 0.2) is 0 Å². The summed E-state index contributed by atoms with van der Waals surface area (Å²) in [7, 11) is 0. The van der Waals surface area contributed by atoms with Crippen LogP contribution >= 0.6 is 0 Å². The molecule has 0 aliphatic rings. The topological polar surface area (TPSA) is 62.5 Å². The van der Waals surface area contributed by atoms with E-state index in [1.807, 2.05) is 18.2 Å². The van der Waals surface area contributed by atoms with Gasteiger partial charge in [0, 0.05) is 24.1 Å². The quantitative estimate of drug-likeness (QED) is 0.836. The molecule has 1 aromatic heterocycles. The predicted molar refractivity (Wildman–Crippen MR) is 76.1 cm³/mol. The average molecular weight is 269 g/mol. The van der Waals surface area contributed by atoms with Crippen LogP contribution in [0.15, 0.2) is 47.1 Å². The van der Waals surface area contributed by atoms with Crippen molar-refractivity contribution in [1.29, 1.82) is 0 Å². The molecule has 0 saturated carbocycles. The third-order valence-corrected chi connectivity index (χ3v) is 2.64. The molecule has 4 nitrogen and oxygen atoms in total. The maximum atomic E-state index is 11.8. The summed E-state index contributed by atoms with van der Waals surface area (Å²) in [6.07, 6.45) is 2.53. The fourth-order valence-electron chi connectivity index (χ4n) is 1.73. The second kappa shape index (κ2) is 7.17. The summed E-state index contributed by atoms with van der Waals surface area (Å²) < 4.78 is 5.18. The molecule has 0 atom stereocenters. The maximum Gasteiger partial charge on any atom is 0.224 e. The monoisotopic (exact) mass is 269 g/mol. The molecule has 0 spiro atoms. The van der Waals surface area contributed by atoms with Crippen LogP contribution in [0, 0.1) is 11.8 Å². The number of aliphatic hydroxyl groups is 1. The largest absolute Gasteiger partial charge is 0.469 e. The molecule has 0 aliphatic heterocycles. The number of furan rings is 1. The highest BCUT2D eigenvalue weighted by Crippen LogP contribution is 2.11. The molecule has 1 heterocycles. The number of hydrogen-bond donors (Lipinski definition) is 2. The van der Waals surface area contributed by atoms with Crippen molar-refractivity contribution in [3.05, 3.63) is 54.0 Å². The van der Waals surface area contributed by atoms with Crippen molar-refractivity contribution in [2.75, 3.05) is 11.9 Å². The Morgan fingerprint density at radius 1 is 1.30 bits per heavy atom. The van der Waals surface area contributed by atoms with Crippen molar-refractivity contribution in [2.45, 2.75) is 12.8 Å². The van der Waals surface area contributed by atoms with Gasteiger partial charge in [0.25, 0.3) is 0 Å². The van der Waals surface area contributed by atoms with Crippen LogP contribution in [0.3, 0.4) is 0 Å². The molecule has 1 amide bonds. The Hall–Kier alpha value is -2.51. The van der Waals surface area contributed by atoms with E-state index in [-0.39, 0.29) is 12.5 Å². The van der Waals surface area contributed by atoms with Gasteiger partial charge >= 0.3 is 0 Å². The van der Waals surface area contributed by atoms with E-state index in [1.165, 1.54) is 0 Å². The third-order valence-electron chi connectivity index (χ3n) is 2.64. The second-order valence-electron chi connectivity index (χ2n) is 4.17. The number of carbonyl (C=O) groups is 1. The molecule has 20 heavy (non-hydrogen) atoms. The van der Waals surface area contributed by atoms with Crippen LogP contribution in [0.25, 0.3) is 0 Å². The predicted octanol–water partition coefficient (Wildman–Crippen LogP) is 2.19. The van der Waals surface area contributed by atoms with Gasteiger partial charge in [-0.2, -0.15) is 0 Å². The van der Waals surface area contributed by atoms with Crippen molar-refractivity contribution in [3.63, 3.8) is 0 Å². The first-order valence-corrected chi connectivity index (χ1v) is 6.30. The Morgan fingerprint density at radius 2 is 2.20 bits per heavy atom. The summed E-state index contributed by atoms with van der Waals surface area (Å²) in [5.41, 5.74) is 1.45. The number of aliphatic hydroxyl groups excluding tert-OH is 1. The van der Waals surface area contributed by atoms with Gasteiger partial charge < -0.3 is 14.8 Å². The second-order valence-corrected chi connectivity index (χ2v) is 4.17. The fourth-order valence-corrected chi connectivity index (χ4v) is 1.73. The third kappa shape index (κ3) is 4.30. The van der Waals surface area contributed by atoms with E-state index in [9.17, 15) is 4.79 Å². The van der Waals surface area contributed by atoms with Crippen LogP contribution in [-0.2, 0) is 11.2 Å². The lowest BCUT2D eigenvalue weighted by Crippen LogP contribution is -2.12. The van der Waals surface area contributed by atoms with Crippen molar-refractivity contribution in [1.82, 2.24) is 0 Å². The summed E-state index contributed by atoms with van der Waals surface area (Å²) in [6, 6.07) is 10.8. The minimum absolute atomic E-state index is 0.0753. The molecule has 4 heteroatoms. The van der Waals surface area contributed by atoms with E-state index in [4.69, 9.17) is 9.52 Å². The number of carbonyl (C=O) groups excluding carboxylic acids is 1. The highest BCUT2D eigenvalue weighted by Gasteiger charge is 2.04. The van der Waals surface area contributed by atoms with Gasteiger partial charge in [-0.25, -0.2) is 0 Å². The molecule has 2 aromatic rings. The summed E-state index contributed by atoms with van der Waals surface area (Å²) in [5.74, 6) is 6.08. The van der Waals surface area contributed by atoms with E-state index in [0.29, 0.717) is 18.5 Å². The van der Waals surface area contributed by atoms with Crippen LogP contribution in [0.4, 0.5) is 5.69 Å². The molecule has 0 fully saturated rings. The number of hydrogen-bond acceptors (Lipinski definition) is 3. The summed E-state index contributed by atoms with van der Waals surface area (Å²) in [6.45, 7) is -0.181. The van der Waals surface area contributed by atoms with Gasteiger partial charge in [-0.1, -0.05) is 17.9 Å². The summed E-state index contributed by atoms with van der Waals surface area (Å²) in [5, 5.41) is 11.5. The minimum Gasteiger partial charge on any atom is -0.469 e. The molecule has 2 N–H and O–H groups in total. The van der Waals surface area contributed by atoms with Gasteiger partial charge in [-0.3, -0.25) is 4.79 Å². The average Bonchev–Trinajstić information content (AvgIpc) is 2.97. The van der Waals surface area contributed by atoms with E-state index in [0.717, 1.165) is 11.3 Å². The lowest BCUT2D eigenvalue weighted by atomic mass is 10.2. The van der Waals surface area contributed by atoms with Crippen molar-refractivity contribution < 1.29 is 14.3 Å². The SMILES string of the molecule is O=C(CCc1ccco1)Nc1cccc(C#CCO)c1. The zero-order valence-corrected chi connectivity index (χ0v) is 10.9. The highest BCUT2D eigenvalue weighted by molar-refractivity contribution is 5.90. The Morgan fingerprint density at radius 3 is 2.95 bits per heavy atom. The Kier molecular flexibility index (Phi) is 4.99. The standard InChI is InChI=1S/C16H15NO3/c18-10-2-5-13-4-1-6-14(12-13)17-16(19)9-8-15-7-3-11-20-15/h1,3-4,6-7,11-12,18H,8-10H2,(H,17,19). The molecule has 0 aliphatic carbocycles. The molecule has 0 unspecified atom stereocenters. The summed E-state index contributed by atoms with van der Waals surface area (Å²) >= 11 is 0. The van der Waals surface area contributed by atoms with Crippen LogP contribution in [-0.4, -0.2) is 17.6 Å². The first kappa shape index (κ1) is 13.9. The molecule has 1 aromatic carbocycles. The molecule has 0 saturated heterocycles. The maximum absolute atomic E-state index is 11.8. The number of benzene rings is 1. The first-order valence-electron chi connectivity index (χ1n) is 6.30. The number of anilines is 1. The molecule has 0 bridgehead atoms. The molecular formula is C16H15NO3. The number of rotatable bonds is 4. The van der Waals surface area contributed by atoms with Gasteiger partial charge in [0.1, 0.15) is 12.4 Å². The normalized spacial score (nSPS) is 9.65. The van der Waals surface area contributed by atoms with Crippen LogP contribution in [0.5, 0.6) is 0 Å². The van der Waals surface area contributed by atoms with E-state index in [2.05, 4.69) is 17.2 Å². The molecule has 102 valence electrons. The summed E-state index contributed by atoms with van der Waals surface area (Å²) in [4.78, 5) is 11.8. The van der Waals surface area contributed by atoms with Crippen molar-refractivity contribution >= 4 is 11.6 Å². The zero-order valence-electron chi connectivity index (χ0n) is 10.9. The zero-order chi connectivity index (χ0) is 14.2. The lowest BCUT2D eigenvalue weighted by Gasteiger charge is -2.04. The molecule has 2 rings (SSSR count). The van der Waals surface area contributed by atoms with Crippen LogP contribution < -0.4 is 5.32 Å². The van der Waals surface area contributed by atoms with Crippen LogP contribution in [0.1, 0.15) is 17.7 Å². The number of nitrogens with one attached hydrogen (secondary N) is 1. The van der Waals surface area contributed by atoms with Gasteiger partial charge in [-0.15, -0.1) is 0 Å². The Balaban J connectivity index is 1.90. The van der Waals surface area contributed by atoms with Crippen LogP contribution in [0.2, 0.25) is 0 Å². The van der Waals surface area contributed by atoms with E-state index < -0.39 is 0 Å². The van der Waals surface area contributed by atoms with Crippen molar-refractivity contribution in [3.8, 4) is 11.8 Å². The lowest BCUT2D eigenvalue weighted by molar-refractivity contribution is -0.116. The van der Waals surface area contributed by atoms with Gasteiger partial charge in [0.2, 0.25) is 5.91 Å². The Bertz CT molecular complexity index is 621. The smallest absolute Gasteiger partial charge is 0.224 e. The Labute approximate surface area is 117 Å². The number of aryl methyl sites for hydroxylation is 1. The molecule has 0 radical (unpaired) electrons. The fraction of sp³-hybridized carbons (Fsp3) is 0.188. The highest BCUT2D eigenvalue weighted by atomic mass is 16.3. The van der Waals surface area contributed by atoms with E-state index >= 15 is 0 Å². The molecular weight excluding hydrogens is 254 g/mol. The van der Waals surface area contributed by atoms with E-state index in [1.54, 1.807) is 24.5 Å². The van der Waals surface area contributed by atoms with Gasteiger partial charge in [0.05, 0.1) is 6.26 Å². The number of amides is 1.